The van der Waals surface area contributed by atoms with E-state index in [2.05, 4.69) is 38.2 Å². The predicted octanol–water partition coefficient (Wildman–Crippen LogP) is 12.8. The van der Waals surface area contributed by atoms with Gasteiger partial charge in [0.2, 0.25) is 0 Å². The number of hydrogen-bond acceptors (Lipinski definition) is 6. The Hall–Kier alpha value is -1.02. The van der Waals surface area contributed by atoms with Gasteiger partial charge in [-0.05, 0) is 64.2 Å². The van der Waals surface area contributed by atoms with Gasteiger partial charge in [-0.15, -0.1) is 0 Å². The average molecular weight is 773 g/mol. The van der Waals surface area contributed by atoms with Crippen molar-refractivity contribution in [3.8, 4) is 0 Å². The summed E-state index contributed by atoms with van der Waals surface area (Å²) in [5.41, 5.74) is 0. The molecular formula is C44H87NO7P+. The normalized spacial score (nSPS) is 14.0. The van der Waals surface area contributed by atoms with Gasteiger partial charge in [-0.2, -0.15) is 0 Å². The third-order valence-corrected chi connectivity index (χ3v) is 10.5. The standard InChI is InChI=1S/C44H86NO7P/c1-6-8-10-12-14-16-18-20-22-24-26-28-30-32-34-36-39-49-43(42-52-53(47,48)51-40-38-45(3,4)5)41-50-44(46)37-35-33-31-29-27-25-23-21-19-17-15-13-11-9-7-2/h20-23,43H,6-19,24-42H2,1-5H3/p+1/b22-20-,23-21-/t43-/m1/s1. The van der Waals surface area contributed by atoms with Crippen LogP contribution in [0, 0.1) is 0 Å². The van der Waals surface area contributed by atoms with Gasteiger partial charge in [0, 0.05) is 13.0 Å². The topological polar surface area (TPSA) is 91.3 Å². The number of unbranched alkanes of at least 4 members (excludes halogenated alkanes) is 23. The lowest BCUT2D eigenvalue weighted by atomic mass is 10.1. The van der Waals surface area contributed by atoms with E-state index in [1.54, 1.807) is 0 Å². The summed E-state index contributed by atoms with van der Waals surface area (Å²) in [5, 5.41) is 0. The van der Waals surface area contributed by atoms with Crippen LogP contribution in [0.5, 0.6) is 0 Å². The van der Waals surface area contributed by atoms with Gasteiger partial charge in [0.25, 0.3) is 0 Å². The summed E-state index contributed by atoms with van der Waals surface area (Å²) in [4.78, 5) is 22.7. The number of carbonyl (C=O) groups excluding carboxylic acids is 1. The van der Waals surface area contributed by atoms with Gasteiger partial charge >= 0.3 is 13.8 Å². The van der Waals surface area contributed by atoms with E-state index in [9.17, 15) is 14.3 Å². The molecule has 53 heavy (non-hydrogen) atoms. The highest BCUT2D eigenvalue weighted by atomic mass is 31.2. The molecule has 0 amide bonds. The van der Waals surface area contributed by atoms with Crippen LogP contribution >= 0.6 is 7.82 Å². The first-order valence-corrected chi connectivity index (χ1v) is 23.6. The molecule has 0 heterocycles. The molecule has 8 nitrogen and oxygen atoms in total. The van der Waals surface area contributed by atoms with Gasteiger partial charge in [-0.3, -0.25) is 13.8 Å². The summed E-state index contributed by atoms with van der Waals surface area (Å²) < 4.78 is 35.0. The van der Waals surface area contributed by atoms with E-state index in [-0.39, 0.29) is 25.8 Å². The number of carbonyl (C=O) groups is 1. The van der Waals surface area contributed by atoms with Crippen molar-refractivity contribution < 1.29 is 37.3 Å². The lowest BCUT2D eigenvalue weighted by Crippen LogP contribution is -2.37. The fraction of sp³-hybridized carbons (Fsp3) is 0.886. The van der Waals surface area contributed by atoms with E-state index in [0.29, 0.717) is 24.1 Å². The number of phosphoric ester groups is 1. The van der Waals surface area contributed by atoms with Gasteiger partial charge in [-0.1, -0.05) is 147 Å². The molecule has 0 spiro atoms. The third kappa shape index (κ3) is 42.0. The van der Waals surface area contributed by atoms with Crippen molar-refractivity contribution in [1.82, 2.24) is 0 Å². The van der Waals surface area contributed by atoms with E-state index in [1.807, 2.05) is 21.1 Å². The van der Waals surface area contributed by atoms with Crippen molar-refractivity contribution in [3.63, 3.8) is 0 Å². The smallest absolute Gasteiger partial charge is 0.463 e. The molecule has 0 rings (SSSR count). The minimum Gasteiger partial charge on any atom is -0.463 e. The molecule has 2 atom stereocenters. The lowest BCUT2D eigenvalue weighted by Gasteiger charge is -2.24. The third-order valence-electron chi connectivity index (χ3n) is 9.52. The largest absolute Gasteiger partial charge is 0.472 e. The van der Waals surface area contributed by atoms with Crippen molar-refractivity contribution >= 4 is 13.8 Å². The Morgan fingerprint density at radius 1 is 0.566 bits per heavy atom. The van der Waals surface area contributed by atoms with E-state index in [0.717, 1.165) is 44.9 Å². The van der Waals surface area contributed by atoms with Crippen molar-refractivity contribution in [2.75, 3.05) is 54.1 Å². The molecule has 0 aromatic heterocycles. The second-order valence-corrected chi connectivity index (χ2v) is 17.5. The molecule has 0 fully saturated rings. The van der Waals surface area contributed by atoms with Crippen LogP contribution in [0.2, 0.25) is 0 Å². The number of likely N-dealkylation sites (N-methyl/N-ethyl adjacent to an activating group) is 1. The second-order valence-electron chi connectivity index (χ2n) is 16.1. The van der Waals surface area contributed by atoms with Crippen LogP contribution in [0.15, 0.2) is 24.3 Å². The fourth-order valence-corrected chi connectivity index (χ4v) is 6.73. The monoisotopic (exact) mass is 773 g/mol. The summed E-state index contributed by atoms with van der Waals surface area (Å²) in [6.07, 6.45) is 42.2. The van der Waals surface area contributed by atoms with Crippen molar-refractivity contribution in [1.29, 1.82) is 0 Å². The number of hydrogen-bond donors (Lipinski definition) is 1. The summed E-state index contributed by atoms with van der Waals surface area (Å²) in [6, 6.07) is 0. The second kappa shape index (κ2) is 37.9. The highest BCUT2D eigenvalue weighted by molar-refractivity contribution is 7.47. The Morgan fingerprint density at radius 3 is 1.43 bits per heavy atom. The average Bonchev–Trinajstić information content (AvgIpc) is 3.11. The number of quaternary nitrogens is 1. The highest BCUT2D eigenvalue weighted by Crippen LogP contribution is 2.43. The first-order valence-electron chi connectivity index (χ1n) is 22.1. The Morgan fingerprint density at radius 2 is 0.981 bits per heavy atom. The molecule has 0 aromatic carbocycles. The summed E-state index contributed by atoms with van der Waals surface area (Å²) in [7, 11) is 1.71. The molecule has 0 saturated carbocycles. The van der Waals surface area contributed by atoms with Crippen LogP contribution in [-0.4, -0.2) is 75.6 Å². The molecule has 0 aliphatic rings. The quantitative estimate of drug-likeness (QED) is 0.0217. The molecular weight excluding hydrogens is 685 g/mol. The Kier molecular flexibility index (Phi) is 37.2. The fourth-order valence-electron chi connectivity index (χ4n) is 5.99. The number of esters is 1. The number of ether oxygens (including phenoxy) is 2. The first kappa shape index (κ1) is 52.0. The lowest BCUT2D eigenvalue weighted by molar-refractivity contribution is -0.870. The molecule has 0 aromatic rings. The molecule has 0 radical (unpaired) electrons. The SMILES string of the molecule is CCCCCCCC/C=C\CCCCCCCCO[C@H](COC(=O)CCCCCCC/C=C\CCCCCCCC)COP(=O)(O)OCC[N+](C)(C)C. The zero-order valence-electron chi connectivity index (χ0n) is 35.5. The minimum absolute atomic E-state index is 0.00480. The summed E-state index contributed by atoms with van der Waals surface area (Å²) >= 11 is 0. The molecule has 9 heteroatoms. The van der Waals surface area contributed by atoms with Crippen LogP contribution in [-0.2, 0) is 27.9 Å². The van der Waals surface area contributed by atoms with E-state index in [4.69, 9.17) is 18.5 Å². The maximum absolute atomic E-state index is 12.5. The molecule has 0 bridgehead atoms. The van der Waals surface area contributed by atoms with Crippen LogP contribution in [0.25, 0.3) is 0 Å². The minimum atomic E-state index is -4.24. The van der Waals surface area contributed by atoms with Gasteiger partial charge in [0.15, 0.2) is 0 Å². The van der Waals surface area contributed by atoms with Crippen LogP contribution in [0.1, 0.15) is 194 Å². The maximum atomic E-state index is 12.5. The Bertz CT molecular complexity index is 905. The van der Waals surface area contributed by atoms with Crippen molar-refractivity contribution in [2.24, 2.45) is 0 Å². The molecule has 314 valence electrons. The van der Waals surface area contributed by atoms with Crippen molar-refractivity contribution in [3.05, 3.63) is 24.3 Å². The van der Waals surface area contributed by atoms with Crippen LogP contribution in [0.3, 0.4) is 0 Å². The van der Waals surface area contributed by atoms with Gasteiger partial charge in [0.1, 0.15) is 25.9 Å². The van der Waals surface area contributed by atoms with Gasteiger partial charge < -0.3 is 18.9 Å². The highest BCUT2D eigenvalue weighted by Gasteiger charge is 2.25. The molecule has 0 aliphatic carbocycles. The van der Waals surface area contributed by atoms with Crippen LogP contribution < -0.4 is 0 Å². The van der Waals surface area contributed by atoms with Crippen molar-refractivity contribution in [2.45, 2.75) is 200 Å². The zero-order chi connectivity index (χ0) is 39.1. The number of nitrogens with zero attached hydrogens (tertiary/aromatic N) is 1. The van der Waals surface area contributed by atoms with Crippen LogP contribution in [0.4, 0.5) is 0 Å². The number of phosphoric acid groups is 1. The predicted molar refractivity (Wildman–Crippen MR) is 224 cm³/mol. The van der Waals surface area contributed by atoms with Gasteiger partial charge in [0.05, 0.1) is 27.7 Å². The van der Waals surface area contributed by atoms with E-state index in [1.165, 1.54) is 128 Å². The van der Waals surface area contributed by atoms with E-state index < -0.39 is 13.9 Å². The maximum Gasteiger partial charge on any atom is 0.472 e. The molecule has 0 saturated heterocycles. The first-order chi connectivity index (χ1) is 25.6. The Balaban J connectivity index is 4.24. The molecule has 1 N–H and O–H groups in total. The zero-order valence-corrected chi connectivity index (χ0v) is 36.4. The van der Waals surface area contributed by atoms with E-state index >= 15 is 0 Å². The molecule has 1 unspecified atom stereocenters. The summed E-state index contributed by atoms with van der Waals surface area (Å²) in [5.74, 6) is -0.264. The Labute approximate surface area is 328 Å². The molecule has 0 aliphatic heterocycles. The number of rotatable bonds is 41. The summed E-state index contributed by atoms with van der Waals surface area (Å²) in [6.45, 7) is 5.50. The van der Waals surface area contributed by atoms with Gasteiger partial charge in [-0.25, -0.2) is 4.57 Å². The number of allylic oxidation sites excluding steroid dienone is 4.